The van der Waals surface area contributed by atoms with Crippen molar-refractivity contribution < 1.29 is 22.3 Å². The molecular formula is C19H23ClFN3O4S. The molecule has 1 fully saturated rings. The first-order chi connectivity index (χ1) is 13.8. The molecule has 0 amide bonds. The van der Waals surface area contributed by atoms with Crippen molar-refractivity contribution in [2.45, 2.75) is 12.8 Å². The fraction of sp³-hybridized carbons (Fsp3) is 0.421. The summed E-state index contributed by atoms with van der Waals surface area (Å²) in [4.78, 5) is 11.7. The maximum atomic E-state index is 13.6. The highest BCUT2D eigenvalue weighted by molar-refractivity contribution is 7.90. The van der Waals surface area contributed by atoms with Crippen molar-refractivity contribution >= 4 is 33.5 Å². The van der Waals surface area contributed by atoms with Gasteiger partial charge >= 0.3 is 16.2 Å². The summed E-state index contributed by atoms with van der Waals surface area (Å²) >= 11 is 5.91. The number of anilines is 1. The van der Waals surface area contributed by atoms with Crippen molar-refractivity contribution in [2.75, 3.05) is 44.1 Å². The second kappa shape index (κ2) is 9.25. The summed E-state index contributed by atoms with van der Waals surface area (Å²) in [5, 5.41) is 2.98. The molecule has 1 N–H and O–H groups in total. The number of rotatable bonds is 6. The SMILES string of the molecule is COC(=O)C1=CC=C(CN(c2ccc(F)c(Cl)c2)S(=O)(=O)N2CCNCC2)CC1. The lowest BCUT2D eigenvalue weighted by Crippen LogP contribution is -2.52. The van der Waals surface area contributed by atoms with Crippen LogP contribution in [0.5, 0.6) is 0 Å². The zero-order valence-electron chi connectivity index (χ0n) is 16.0. The van der Waals surface area contributed by atoms with Crippen molar-refractivity contribution in [3.05, 3.63) is 52.3 Å². The molecule has 29 heavy (non-hydrogen) atoms. The lowest BCUT2D eigenvalue weighted by Gasteiger charge is -2.34. The number of nitrogens with zero attached hydrogens (tertiary/aromatic N) is 2. The minimum Gasteiger partial charge on any atom is -0.466 e. The van der Waals surface area contributed by atoms with Gasteiger partial charge in [-0.05, 0) is 36.6 Å². The van der Waals surface area contributed by atoms with Crippen molar-refractivity contribution in [1.29, 1.82) is 0 Å². The number of carbonyl (C=O) groups is 1. The maximum absolute atomic E-state index is 13.6. The van der Waals surface area contributed by atoms with Crippen molar-refractivity contribution in [3.63, 3.8) is 0 Å². The van der Waals surface area contributed by atoms with E-state index in [1.165, 1.54) is 27.9 Å². The molecule has 1 aliphatic carbocycles. The molecule has 1 aromatic rings. The molecule has 1 heterocycles. The number of esters is 1. The number of hydrogen-bond donors (Lipinski definition) is 1. The van der Waals surface area contributed by atoms with Crippen molar-refractivity contribution in [2.24, 2.45) is 0 Å². The van der Waals surface area contributed by atoms with Crippen molar-refractivity contribution in [1.82, 2.24) is 9.62 Å². The van der Waals surface area contributed by atoms with Gasteiger partial charge in [0.05, 0.1) is 24.4 Å². The van der Waals surface area contributed by atoms with E-state index in [1.54, 1.807) is 12.2 Å². The molecule has 3 rings (SSSR count). The smallest absolute Gasteiger partial charge is 0.333 e. The van der Waals surface area contributed by atoms with E-state index in [4.69, 9.17) is 16.3 Å². The molecule has 1 saturated heterocycles. The van der Waals surface area contributed by atoms with E-state index < -0.39 is 22.0 Å². The van der Waals surface area contributed by atoms with Gasteiger partial charge in [0.2, 0.25) is 0 Å². The van der Waals surface area contributed by atoms with E-state index >= 15 is 0 Å². The fourth-order valence-electron chi connectivity index (χ4n) is 3.26. The maximum Gasteiger partial charge on any atom is 0.333 e. The van der Waals surface area contributed by atoms with E-state index in [9.17, 15) is 17.6 Å². The van der Waals surface area contributed by atoms with Gasteiger partial charge in [-0.2, -0.15) is 12.7 Å². The number of piperazine rings is 1. The average Bonchev–Trinajstić information content (AvgIpc) is 2.74. The summed E-state index contributed by atoms with van der Waals surface area (Å²) in [7, 11) is -2.53. The van der Waals surface area contributed by atoms with Gasteiger partial charge in [-0.3, -0.25) is 4.31 Å². The Morgan fingerprint density at radius 1 is 1.28 bits per heavy atom. The number of benzene rings is 1. The van der Waals surface area contributed by atoms with E-state index in [0.29, 0.717) is 50.3 Å². The molecule has 0 atom stereocenters. The molecule has 1 aliphatic heterocycles. The fourth-order valence-corrected chi connectivity index (χ4v) is 5.06. The Hall–Kier alpha value is -1.94. The second-order valence-electron chi connectivity index (χ2n) is 6.77. The third-order valence-electron chi connectivity index (χ3n) is 4.90. The molecule has 0 saturated carbocycles. The van der Waals surface area contributed by atoms with Crippen LogP contribution in [0.1, 0.15) is 12.8 Å². The zero-order chi connectivity index (χ0) is 21.0. The quantitative estimate of drug-likeness (QED) is 0.682. The minimum atomic E-state index is -3.85. The van der Waals surface area contributed by atoms with E-state index in [0.717, 1.165) is 11.6 Å². The third-order valence-corrected chi connectivity index (χ3v) is 7.11. The lowest BCUT2D eigenvalue weighted by molar-refractivity contribution is -0.136. The Bertz CT molecular complexity index is 943. The third kappa shape index (κ3) is 4.98. The van der Waals surface area contributed by atoms with Crippen LogP contribution in [-0.2, 0) is 19.7 Å². The van der Waals surface area contributed by atoms with Gasteiger partial charge in [0.1, 0.15) is 5.82 Å². The van der Waals surface area contributed by atoms with Crippen LogP contribution in [0.15, 0.2) is 41.5 Å². The van der Waals surface area contributed by atoms with Crippen LogP contribution >= 0.6 is 11.6 Å². The first-order valence-corrected chi connectivity index (χ1v) is 11.0. The number of carbonyl (C=O) groups excluding carboxylic acids is 1. The molecule has 0 radical (unpaired) electrons. The van der Waals surface area contributed by atoms with Crippen LogP contribution in [0.3, 0.4) is 0 Å². The van der Waals surface area contributed by atoms with Gasteiger partial charge in [0.15, 0.2) is 0 Å². The zero-order valence-corrected chi connectivity index (χ0v) is 17.6. The summed E-state index contributed by atoms with van der Waals surface area (Å²) in [6.07, 6.45) is 4.37. The monoisotopic (exact) mass is 443 g/mol. The summed E-state index contributed by atoms with van der Waals surface area (Å²) < 4.78 is 47.7. The number of hydrogen-bond acceptors (Lipinski definition) is 5. The minimum absolute atomic E-state index is 0.0825. The predicted molar refractivity (Wildman–Crippen MR) is 110 cm³/mol. The van der Waals surface area contributed by atoms with Gasteiger partial charge in [-0.25, -0.2) is 9.18 Å². The van der Waals surface area contributed by atoms with Crippen molar-refractivity contribution in [3.8, 4) is 0 Å². The van der Waals surface area contributed by atoms with Crippen LogP contribution < -0.4 is 9.62 Å². The van der Waals surface area contributed by atoms with E-state index in [-0.39, 0.29) is 11.6 Å². The highest BCUT2D eigenvalue weighted by Gasteiger charge is 2.32. The van der Waals surface area contributed by atoms with Gasteiger partial charge < -0.3 is 10.1 Å². The number of nitrogens with one attached hydrogen (secondary N) is 1. The molecule has 0 unspecified atom stereocenters. The molecule has 7 nitrogen and oxygen atoms in total. The Labute approximate surface area is 174 Å². The molecule has 0 spiro atoms. The van der Waals surface area contributed by atoms with Crippen LogP contribution in [-0.4, -0.2) is 58.5 Å². The lowest BCUT2D eigenvalue weighted by atomic mass is 9.98. The first-order valence-electron chi connectivity index (χ1n) is 9.23. The normalized spacial score (nSPS) is 18.0. The molecule has 1 aromatic carbocycles. The standard InChI is InChI=1S/C19H23ClFN3O4S/c1-28-19(25)15-4-2-14(3-5-15)13-24(16-6-7-18(21)17(20)12-16)29(26,27)23-10-8-22-9-11-23/h2,4,6-7,12,22H,3,5,8-11,13H2,1H3. The van der Waals surface area contributed by atoms with Crippen LogP contribution in [0.4, 0.5) is 10.1 Å². The van der Waals surface area contributed by atoms with Gasteiger partial charge in [-0.1, -0.05) is 23.8 Å². The summed E-state index contributed by atoms with van der Waals surface area (Å²) in [6, 6.07) is 3.87. The van der Waals surface area contributed by atoms with Gasteiger partial charge in [-0.15, -0.1) is 0 Å². The van der Waals surface area contributed by atoms with E-state index in [1.807, 2.05) is 0 Å². The summed E-state index contributed by atoms with van der Waals surface area (Å²) in [6.45, 7) is 1.90. The summed E-state index contributed by atoms with van der Waals surface area (Å²) in [5.74, 6) is -1.01. The molecule has 0 bridgehead atoms. The number of methoxy groups -OCH3 is 1. The molecule has 0 aromatic heterocycles. The van der Waals surface area contributed by atoms with Crippen LogP contribution in [0, 0.1) is 5.82 Å². The molecular weight excluding hydrogens is 421 g/mol. The Balaban J connectivity index is 1.93. The molecule has 10 heteroatoms. The number of halogens is 2. The van der Waals surface area contributed by atoms with Crippen LogP contribution in [0.2, 0.25) is 5.02 Å². The topological polar surface area (TPSA) is 79.0 Å². The van der Waals surface area contributed by atoms with E-state index in [2.05, 4.69) is 5.32 Å². The highest BCUT2D eigenvalue weighted by atomic mass is 35.5. The number of ether oxygens (including phenoxy) is 1. The average molecular weight is 444 g/mol. The predicted octanol–water partition coefficient (Wildman–Crippen LogP) is 2.26. The Kier molecular flexibility index (Phi) is 6.94. The second-order valence-corrected chi connectivity index (χ2v) is 9.03. The Morgan fingerprint density at radius 2 is 2.00 bits per heavy atom. The first kappa shape index (κ1) is 21.8. The highest BCUT2D eigenvalue weighted by Crippen LogP contribution is 2.29. The Morgan fingerprint density at radius 3 is 2.59 bits per heavy atom. The summed E-state index contributed by atoms with van der Waals surface area (Å²) in [5.41, 5.74) is 1.66. The largest absolute Gasteiger partial charge is 0.466 e. The van der Waals surface area contributed by atoms with Gasteiger partial charge in [0.25, 0.3) is 0 Å². The van der Waals surface area contributed by atoms with Gasteiger partial charge in [0, 0.05) is 31.8 Å². The number of allylic oxidation sites excluding steroid dienone is 2. The molecule has 2 aliphatic rings. The molecule has 158 valence electrons. The van der Waals surface area contributed by atoms with Crippen LogP contribution in [0.25, 0.3) is 0 Å².